The molecule has 0 aliphatic rings. The summed E-state index contributed by atoms with van der Waals surface area (Å²) in [5.74, 6) is 0. The van der Waals surface area contributed by atoms with Gasteiger partial charge in [0.25, 0.3) is 0 Å². The van der Waals surface area contributed by atoms with Crippen LogP contribution in [0.5, 0.6) is 0 Å². The van der Waals surface area contributed by atoms with Crippen molar-refractivity contribution in [2.75, 3.05) is 0 Å². The molecule has 0 spiro atoms. The Kier molecular flexibility index (Phi) is 3.07. The van der Waals surface area contributed by atoms with Crippen LogP contribution in [-0.2, 0) is 6.54 Å². The molecule has 0 aliphatic carbocycles. The van der Waals surface area contributed by atoms with E-state index in [2.05, 4.69) is 49.4 Å². The molecule has 0 bridgehead atoms. The van der Waals surface area contributed by atoms with E-state index in [-0.39, 0.29) is 0 Å². The highest BCUT2D eigenvalue weighted by molar-refractivity contribution is 5.70. The fourth-order valence-electron chi connectivity index (χ4n) is 2.74. The van der Waals surface area contributed by atoms with E-state index < -0.39 is 0 Å². The molecule has 0 saturated carbocycles. The Morgan fingerprint density at radius 3 is 2.60 bits per heavy atom. The zero-order valence-corrected chi connectivity index (χ0v) is 12.1. The first-order valence-electron chi connectivity index (χ1n) is 6.86. The molecule has 3 aromatic rings. The molecule has 0 atom stereocenters. The van der Waals surface area contributed by atoms with E-state index in [1.165, 1.54) is 22.3 Å². The number of rotatable bonds is 2. The van der Waals surface area contributed by atoms with Gasteiger partial charge in [0.1, 0.15) is 5.65 Å². The van der Waals surface area contributed by atoms with Gasteiger partial charge in [-0.3, -0.25) is 0 Å². The Hall–Kier alpha value is -2.13. The Morgan fingerprint density at radius 2 is 1.90 bits per heavy atom. The Labute approximate surface area is 119 Å². The lowest BCUT2D eigenvalue weighted by Crippen LogP contribution is -2.03. The van der Waals surface area contributed by atoms with Crippen molar-refractivity contribution in [3.8, 4) is 11.3 Å². The average Bonchev–Trinajstić information content (AvgIpc) is 2.78. The molecule has 102 valence electrons. The summed E-state index contributed by atoms with van der Waals surface area (Å²) in [6.07, 6.45) is 2.03. The quantitative estimate of drug-likeness (QED) is 0.772. The van der Waals surface area contributed by atoms with Gasteiger partial charge in [0.05, 0.1) is 11.4 Å². The fourth-order valence-corrected chi connectivity index (χ4v) is 2.74. The van der Waals surface area contributed by atoms with E-state index in [0.29, 0.717) is 6.54 Å². The number of nitrogens with zero attached hydrogens (tertiary/aromatic N) is 2. The minimum Gasteiger partial charge on any atom is -0.325 e. The summed E-state index contributed by atoms with van der Waals surface area (Å²) >= 11 is 0. The number of benzene rings is 1. The smallest absolute Gasteiger partial charge is 0.140 e. The van der Waals surface area contributed by atoms with Gasteiger partial charge in [-0.25, -0.2) is 4.98 Å². The van der Waals surface area contributed by atoms with Gasteiger partial charge in [-0.15, -0.1) is 0 Å². The largest absolute Gasteiger partial charge is 0.325 e. The van der Waals surface area contributed by atoms with Crippen LogP contribution in [-0.4, -0.2) is 9.38 Å². The number of fused-ring (bicyclic) bond motifs is 1. The number of hydrogen-bond donors (Lipinski definition) is 1. The molecule has 2 heterocycles. The topological polar surface area (TPSA) is 43.3 Å². The van der Waals surface area contributed by atoms with Gasteiger partial charge in [0, 0.05) is 18.3 Å². The second kappa shape index (κ2) is 4.76. The summed E-state index contributed by atoms with van der Waals surface area (Å²) in [5, 5.41) is 0. The number of pyridine rings is 1. The summed E-state index contributed by atoms with van der Waals surface area (Å²) in [4.78, 5) is 4.83. The standard InChI is InChI=1S/C17H19N3/c1-11-6-7-14(13(3)9-11)16-15(10-18)20-8-4-5-12(2)17(20)19-16/h4-9H,10,18H2,1-3H3. The number of hydrogen-bond acceptors (Lipinski definition) is 2. The zero-order chi connectivity index (χ0) is 14.3. The van der Waals surface area contributed by atoms with Crippen LogP contribution in [0.15, 0.2) is 36.5 Å². The molecule has 0 aliphatic heterocycles. The molecule has 3 rings (SSSR count). The van der Waals surface area contributed by atoms with Crippen LogP contribution in [0.3, 0.4) is 0 Å². The van der Waals surface area contributed by atoms with Gasteiger partial charge in [0.2, 0.25) is 0 Å². The molecule has 3 nitrogen and oxygen atoms in total. The SMILES string of the molecule is Cc1ccc(-c2nc3c(C)cccn3c2CN)c(C)c1. The molecule has 20 heavy (non-hydrogen) atoms. The van der Waals surface area contributed by atoms with Crippen molar-refractivity contribution in [1.82, 2.24) is 9.38 Å². The molecule has 3 heteroatoms. The van der Waals surface area contributed by atoms with Crippen molar-refractivity contribution < 1.29 is 0 Å². The fraction of sp³-hybridized carbons (Fsp3) is 0.235. The monoisotopic (exact) mass is 265 g/mol. The molecule has 0 unspecified atom stereocenters. The maximum Gasteiger partial charge on any atom is 0.140 e. The van der Waals surface area contributed by atoms with Crippen LogP contribution in [0, 0.1) is 20.8 Å². The number of imidazole rings is 1. The lowest BCUT2D eigenvalue weighted by molar-refractivity contribution is 0.959. The highest BCUT2D eigenvalue weighted by atomic mass is 15.0. The lowest BCUT2D eigenvalue weighted by atomic mass is 10.0. The molecule has 2 aromatic heterocycles. The first-order valence-corrected chi connectivity index (χ1v) is 6.86. The molecule has 2 N–H and O–H groups in total. The summed E-state index contributed by atoms with van der Waals surface area (Å²) in [7, 11) is 0. The van der Waals surface area contributed by atoms with Gasteiger partial charge < -0.3 is 10.1 Å². The number of nitrogens with two attached hydrogens (primary N) is 1. The van der Waals surface area contributed by atoms with Gasteiger partial charge in [-0.05, 0) is 38.0 Å². The van der Waals surface area contributed by atoms with Gasteiger partial charge >= 0.3 is 0 Å². The highest BCUT2D eigenvalue weighted by Gasteiger charge is 2.15. The van der Waals surface area contributed by atoms with Crippen molar-refractivity contribution in [2.24, 2.45) is 5.73 Å². The number of aromatic nitrogens is 2. The third kappa shape index (κ3) is 1.91. The van der Waals surface area contributed by atoms with Crippen molar-refractivity contribution >= 4 is 5.65 Å². The molecule has 0 saturated heterocycles. The van der Waals surface area contributed by atoms with Gasteiger partial charge in [-0.2, -0.15) is 0 Å². The van der Waals surface area contributed by atoms with E-state index in [1.54, 1.807) is 0 Å². The second-order valence-electron chi connectivity index (χ2n) is 5.31. The third-order valence-corrected chi connectivity index (χ3v) is 3.77. The summed E-state index contributed by atoms with van der Waals surface area (Å²) in [6, 6.07) is 10.6. The predicted octanol–water partition coefficient (Wildman–Crippen LogP) is 3.39. The maximum atomic E-state index is 5.97. The van der Waals surface area contributed by atoms with E-state index in [1.807, 2.05) is 12.3 Å². The molecular weight excluding hydrogens is 246 g/mol. The van der Waals surface area contributed by atoms with Crippen LogP contribution in [0.25, 0.3) is 16.9 Å². The van der Waals surface area contributed by atoms with E-state index in [4.69, 9.17) is 10.7 Å². The van der Waals surface area contributed by atoms with E-state index >= 15 is 0 Å². The molecular formula is C17H19N3. The van der Waals surface area contributed by atoms with Crippen molar-refractivity contribution in [3.05, 3.63) is 58.9 Å². The minimum absolute atomic E-state index is 0.479. The predicted molar refractivity (Wildman–Crippen MR) is 82.7 cm³/mol. The highest BCUT2D eigenvalue weighted by Crippen LogP contribution is 2.28. The van der Waals surface area contributed by atoms with Crippen LogP contribution in [0.4, 0.5) is 0 Å². The van der Waals surface area contributed by atoms with Crippen molar-refractivity contribution in [2.45, 2.75) is 27.3 Å². The molecule has 0 fully saturated rings. The summed E-state index contributed by atoms with van der Waals surface area (Å²) < 4.78 is 2.10. The molecule has 1 aromatic carbocycles. The second-order valence-corrected chi connectivity index (χ2v) is 5.31. The van der Waals surface area contributed by atoms with Gasteiger partial charge in [0.15, 0.2) is 0 Å². The van der Waals surface area contributed by atoms with Crippen LogP contribution in [0.2, 0.25) is 0 Å². The zero-order valence-electron chi connectivity index (χ0n) is 12.1. The van der Waals surface area contributed by atoms with Crippen molar-refractivity contribution in [1.29, 1.82) is 0 Å². The first kappa shape index (κ1) is 12.9. The minimum atomic E-state index is 0.479. The summed E-state index contributed by atoms with van der Waals surface area (Å²) in [5.41, 5.74) is 13.9. The van der Waals surface area contributed by atoms with Crippen LogP contribution in [0.1, 0.15) is 22.4 Å². The molecule has 0 amide bonds. The Morgan fingerprint density at radius 1 is 1.10 bits per heavy atom. The Bertz CT molecular complexity index is 784. The van der Waals surface area contributed by atoms with E-state index in [9.17, 15) is 0 Å². The first-order chi connectivity index (χ1) is 9.61. The third-order valence-electron chi connectivity index (χ3n) is 3.77. The van der Waals surface area contributed by atoms with Crippen LogP contribution >= 0.6 is 0 Å². The summed E-state index contributed by atoms with van der Waals surface area (Å²) in [6.45, 7) is 6.79. The maximum absolute atomic E-state index is 5.97. The number of aryl methyl sites for hydroxylation is 3. The van der Waals surface area contributed by atoms with Crippen molar-refractivity contribution in [3.63, 3.8) is 0 Å². The Balaban J connectivity index is 2.33. The van der Waals surface area contributed by atoms with Crippen LogP contribution < -0.4 is 5.73 Å². The lowest BCUT2D eigenvalue weighted by Gasteiger charge is -2.06. The average molecular weight is 265 g/mol. The normalized spacial score (nSPS) is 11.2. The molecule has 0 radical (unpaired) electrons. The van der Waals surface area contributed by atoms with E-state index in [0.717, 1.165) is 17.0 Å². The van der Waals surface area contributed by atoms with Gasteiger partial charge in [-0.1, -0.05) is 29.8 Å².